The second-order valence-electron chi connectivity index (χ2n) is 2.84. The Morgan fingerprint density at radius 2 is 1.81 bits per heavy atom. The SMILES string of the molecule is N[C@@H](C(=O)O[Cl+2]([O-])[O-])[C@@H](O)[C@H](O)C(O)CO. The van der Waals surface area contributed by atoms with E-state index in [1.807, 2.05) is 0 Å². The summed E-state index contributed by atoms with van der Waals surface area (Å²) in [4.78, 5) is 10.8. The van der Waals surface area contributed by atoms with Gasteiger partial charge < -0.3 is 35.5 Å². The molecule has 1 unspecified atom stereocenters. The molecule has 0 aromatic heterocycles. The number of carbonyl (C=O) groups is 1. The van der Waals surface area contributed by atoms with Crippen LogP contribution >= 0.6 is 0 Å². The largest absolute Gasteiger partial charge is 0.440 e. The topological polar surface area (TPSA) is 179 Å². The van der Waals surface area contributed by atoms with E-state index in [9.17, 15) is 19.2 Å². The molecule has 0 rings (SSSR count). The van der Waals surface area contributed by atoms with E-state index in [1.165, 1.54) is 0 Å². The number of hydrogen-bond acceptors (Lipinski definition) is 9. The second kappa shape index (κ2) is 6.93. The molecule has 0 spiro atoms. The van der Waals surface area contributed by atoms with Gasteiger partial charge in [0.25, 0.3) is 0 Å². The summed E-state index contributed by atoms with van der Waals surface area (Å²) in [6, 6.07) is -1.88. The van der Waals surface area contributed by atoms with Gasteiger partial charge in [-0.15, -0.1) is 0 Å². The normalized spacial score (nSPS) is 19.0. The lowest BCUT2D eigenvalue weighted by molar-refractivity contribution is -1.62. The molecule has 0 aromatic carbocycles. The van der Waals surface area contributed by atoms with Crippen LogP contribution in [-0.2, 0) is 9.08 Å². The van der Waals surface area contributed by atoms with Gasteiger partial charge in [-0.2, -0.15) is 0 Å². The quantitative estimate of drug-likeness (QED) is 0.311. The molecular formula is C6H12ClNO8. The van der Waals surface area contributed by atoms with Crippen LogP contribution in [0, 0.1) is 10.8 Å². The maximum absolute atomic E-state index is 10.8. The van der Waals surface area contributed by atoms with Crippen LogP contribution in [0.25, 0.3) is 0 Å². The Balaban J connectivity index is 4.36. The molecular weight excluding hydrogens is 250 g/mol. The summed E-state index contributed by atoms with van der Waals surface area (Å²) in [7, 11) is -2.82. The Morgan fingerprint density at radius 3 is 2.19 bits per heavy atom. The highest BCUT2D eigenvalue weighted by atomic mass is 35.6. The highest BCUT2D eigenvalue weighted by molar-refractivity contribution is 5.75. The van der Waals surface area contributed by atoms with Gasteiger partial charge in [0.05, 0.1) is 6.61 Å². The molecule has 0 radical (unpaired) electrons. The molecule has 6 N–H and O–H groups in total. The fourth-order valence-corrected chi connectivity index (χ4v) is 1.03. The monoisotopic (exact) mass is 261 g/mol. The first-order chi connectivity index (χ1) is 7.31. The van der Waals surface area contributed by atoms with Crippen LogP contribution < -0.4 is 15.1 Å². The van der Waals surface area contributed by atoms with Crippen molar-refractivity contribution in [3.05, 3.63) is 0 Å². The Hall–Kier alpha value is -0.520. The molecule has 16 heavy (non-hydrogen) atoms. The number of aliphatic hydroxyl groups is 4. The minimum atomic E-state index is -2.82. The van der Waals surface area contributed by atoms with Crippen LogP contribution in [0.1, 0.15) is 0 Å². The van der Waals surface area contributed by atoms with E-state index in [2.05, 4.69) is 4.29 Å². The Bertz CT molecular complexity index is 227. The average Bonchev–Trinajstić information content (AvgIpc) is 2.23. The molecule has 96 valence electrons. The second-order valence-corrected chi connectivity index (χ2v) is 3.37. The lowest BCUT2D eigenvalue weighted by atomic mass is 10.0. The average molecular weight is 262 g/mol. The molecule has 0 amide bonds. The third kappa shape index (κ3) is 4.55. The number of halogens is 1. The van der Waals surface area contributed by atoms with E-state index in [-0.39, 0.29) is 0 Å². The number of rotatable bonds is 6. The van der Waals surface area contributed by atoms with Gasteiger partial charge in [0.15, 0.2) is 0 Å². The standard InChI is InChI=1S/C6H12ClNO8/c8-3(6(13)16-7(14)15)5(12)4(11)2(10)1-9/h2-5,9-12H,1,8H2/t2?,3-,4-,5-/m1/s1. The predicted molar refractivity (Wildman–Crippen MR) is 39.2 cm³/mol. The minimum absolute atomic E-state index is 0.870. The lowest BCUT2D eigenvalue weighted by Crippen LogP contribution is -2.54. The molecule has 0 saturated carbocycles. The van der Waals surface area contributed by atoms with Gasteiger partial charge in [0.2, 0.25) is 0 Å². The molecule has 0 heterocycles. The minimum Gasteiger partial charge on any atom is -0.394 e. The van der Waals surface area contributed by atoms with E-state index in [0.717, 1.165) is 0 Å². The van der Waals surface area contributed by atoms with Crippen LogP contribution in [0.2, 0.25) is 0 Å². The molecule has 0 aromatic rings. The maximum Gasteiger partial charge on any atom is 0.440 e. The van der Waals surface area contributed by atoms with E-state index >= 15 is 0 Å². The zero-order valence-electron chi connectivity index (χ0n) is 7.89. The zero-order chi connectivity index (χ0) is 12.9. The Morgan fingerprint density at radius 1 is 1.31 bits per heavy atom. The van der Waals surface area contributed by atoms with Crippen LogP contribution in [0.5, 0.6) is 0 Å². The number of carbonyl (C=O) groups excluding carboxylic acids is 1. The fourth-order valence-electron chi connectivity index (χ4n) is 0.801. The van der Waals surface area contributed by atoms with Crippen LogP contribution in [0.4, 0.5) is 0 Å². The van der Waals surface area contributed by atoms with Crippen molar-refractivity contribution < 1.29 is 49.6 Å². The van der Waals surface area contributed by atoms with Gasteiger partial charge in [-0.25, -0.2) is 4.79 Å². The van der Waals surface area contributed by atoms with E-state index in [0.29, 0.717) is 0 Å². The van der Waals surface area contributed by atoms with Crippen molar-refractivity contribution in [2.75, 3.05) is 6.61 Å². The summed E-state index contributed by atoms with van der Waals surface area (Å²) in [6.07, 6.45) is -5.61. The summed E-state index contributed by atoms with van der Waals surface area (Å²) >= 11 is 0. The molecule has 0 bridgehead atoms. The van der Waals surface area contributed by atoms with Crippen molar-refractivity contribution in [2.45, 2.75) is 24.4 Å². The van der Waals surface area contributed by atoms with Gasteiger partial charge >= 0.3 is 16.8 Å². The van der Waals surface area contributed by atoms with E-state index in [1.54, 1.807) is 0 Å². The van der Waals surface area contributed by atoms with Crippen molar-refractivity contribution in [3.63, 3.8) is 0 Å². The van der Waals surface area contributed by atoms with Crippen molar-refractivity contribution in [3.8, 4) is 0 Å². The highest BCUT2D eigenvalue weighted by Gasteiger charge is 2.37. The van der Waals surface area contributed by atoms with Crippen LogP contribution in [0.15, 0.2) is 0 Å². The number of hydrogen-bond donors (Lipinski definition) is 5. The van der Waals surface area contributed by atoms with Crippen LogP contribution in [-0.4, -0.2) is 57.4 Å². The van der Waals surface area contributed by atoms with Gasteiger partial charge in [0, 0.05) is 0 Å². The highest BCUT2D eigenvalue weighted by Crippen LogP contribution is 2.05. The van der Waals surface area contributed by atoms with Crippen molar-refractivity contribution in [1.82, 2.24) is 0 Å². The maximum atomic E-state index is 10.8. The molecule has 10 heteroatoms. The first-order valence-corrected chi connectivity index (χ1v) is 4.92. The predicted octanol–water partition coefficient (Wildman–Crippen LogP) is -5.98. The summed E-state index contributed by atoms with van der Waals surface area (Å²) in [5.74, 6) is -1.51. The molecule has 4 atom stereocenters. The Kier molecular flexibility index (Phi) is 6.71. The summed E-state index contributed by atoms with van der Waals surface area (Å²) in [5, 5.41) is 35.7. The van der Waals surface area contributed by atoms with Crippen LogP contribution in [0.3, 0.4) is 0 Å². The molecule has 0 fully saturated rings. The first-order valence-electron chi connectivity index (χ1n) is 3.99. The molecule has 0 saturated heterocycles. The fraction of sp³-hybridized carbons (Fsp3) is 0.833. The third-order valence-electron chi connectivity index (χ3n) is 1.71. The van der Waals surface area contributed by atoms with Gasteiger partial charge in [-0.05, 0) is 0 Å². The van der Waals surface area contributed by atoms with Gasteiger partial charge in [0.1, 0.15) is 24.4 Å². The van der Waals surface area contributed by atoms with Gasteiger partial charge in [-0.1, -0.05) is 4.29 Å². The smallest absolute Gasteiger partial charge is 0.394 e. The zero-order valence-corrected chi connectivity index (χ0v) is 8.65. The van der Waals surface area contributed by atoms with E-state index in [4.69, 9.17) is 21.1 Å². The van der Waals surface area contributed by atoms with Crippen molar-refractivity contribution in [1.29, 1.82) is 0 Å². The first kappa shape index (κ1) is 15.5. The number of nitrogens with two attached hydrogens (primary N) is 1. The van der Waals surface area contributed by atoms with Crippen molar-refractivity contribution >= 4 is 5.97 Å². The molecule has 0 aliphatic rings. The van der Waals surface area contributed by atoms with Crippen molar-refractivity contribution in [2.24, 2.45) is 5.73 Å². The molecule has 0 aliphatic carbocycles. The summed E-state index contributed by atoms with van der Waals surface area (Å²) < 4.78 is 23.5. The number of aliphatic hydroxyl groups excluding tert-OH is 4. The Labute approximate surface area is 93.1 Å². The van der Waals surface area contributed by atoms with E-state index < -0.39 is 47.7 Å². The third-order valence-corrected chi connectivity index (χ3v) is 1.99. The van der Waals surface area contributed by atoms with Gasteiger partial charge in [-0.3, -0.25) is 0 Å². The molecule has 9 nitrogen and oxygen atoms in total. The molecule has 0 aliphatic heterocycles. The summed E-state index contributed by atoms with van der Waals surface area (Å²) in [6.45, 7) is -0.870. The summed E-state index contributed by atoms with van der Waals surface area (Å²) in [5.41, 5.74) is 5.05. The lowest BCUT2D eigenvalue weighted by Gasteiger charge is -2.23.